The van der Waals surface area contributed by atoms with Gasteiger partial charge in [-0.25, -0.2) is 0 Å². The molecular weight excluding hydrogens is 424 g/mol. The Morgan fingerprint density at radius 1 is 1.06 bits per heavy atom. The summed E-state index contributed by atoms with van der Waals surface area (Å²) in [6.07, 6.45) is 7.41. The molecule has 0 bridgehead atoms. The molecule has 4 rings (SSSR count). The van der Waals surface area contributed by atoms with Crippen LogP contribution < -0.4 is 0 Å². The molecule has 0 aromatic rings. The minimum absolute atomic E-state index is 0.0147. The molecule has 4 aliphatic carbocycles. The van der Waals surface area contributed by atoms with Crippen molar-refractivity contribution in [2.45, 2.75) is 125 Å². The molecular formula is C30H50O4. The average molecular weight is 475 g/mol. The van der Waals surface area contributed by atoms with Gasteiger partial charge in [0.25, 0.3) is 0 Å². The second-order valence-corrected chi connectivity index (χ2v) is 14.5. The Kier molecular flexibility index (Phi) is 6.32. The summed E-state index contributed by atoms with van der Waals surface area (Å²) < 4.78 is 0. The number of carbonyl (C=O) groups excluding carboxylic acids is 1. The summed E-state index contributed by atoms with van der Waals surface area (Å²) in [6, 6.07) is 0. The molecule has 0 aliphatic heterocycles. The molecule has 194 valence electrons. The third kappa shape index (κ3) is 3.52. The monoisotopic (exact) mass is 474 g/mol. The van der Waals surface area contributed by atoms with Gasteiger partial charge in [-0.2, -0.15) is 0 Å². The van der Waals surface area contributed by atoms with Crippen LogP contribution in [0.4, 0.5) is 0 Å². The SMILES string of the molecule is CC(C)=CCC[C@](C)(O)[C@H]1CC[C@]2(C)[C@@H]1C(=O)C[C@@H]1[C@@]3(C)CC[C@H](O)C(C)(C)[C@@H]3[C@@H](O)C[C@]12C. The van der Waals surface area contributed by atoms with Crippen LogP contribution in [-0.2, 0) is 4.79 Å². The summed E-state index contributed by atoms with van der Waals surface area (Å²) >= 11 is 0. The Bertz CT molecular complexity index is 854. The van der Waals surface area contributed by atoms with Crippen molar-refractivity contribution in [1.82, 2.24) is 0 Å². The number of Topliss-reactive ketones (excluding diaryl/α,β-unsaturated/α-hetero) is 1. The van der Waals surface area contributed by atoms with Gasteiger partial charge >= 0.3 is 0 Å². The molecule has 0 unspecified atom stereocenters. The summed E-state index contributed by atoms with van der Waals surface area (Å²) in [6.45, 7) is 17.3. The van der Waals surface area contributed by atoms with E-state index in [0.717, 1.165) is 32.1 Å². The highest BCUT2D eigenvalue weighted by molar-refractivity contribution is 5.84. The number of aliphatic hydroxyl groups excluding tert-OH is 2. The molecule has 4 saturated carbocycles. The van der Waals surface area contributed by atoms with Gasteiger partial charge in [-0.15, -0.1) is 0 Å². The van der Waals surface area contributed by atoms with E-state index in [0.29, 0.717) is 25.0 Å². The molecule has 3 N–H and O–H groups in total. The van der Waals surface area contributed by atoms with E-state index in [9.17, 15) is 20.1 Å². The maximum absolute atomic E-state index is 14.0. The first-order chi connectivity index (χ1) is 15.5. The fraction of sp³-hybridized carbons (Fsp3) is 0.900. The van der Waals surface area contributed by atoms with Gasteiger partial charge in [-0.05, 0) is 105 Å². The van der Waals surface area contributed by atoms with Crippen molar-refractivity contribution < 1.29 is 20.1 Å². The van der Waals surface area contributed by atoms with Crippen molar-refractivity contribution in [2.24, 2.45) is 45.3 Å². The molecule has 4 fully saturated rings. The largest absolute Gasteiger partial charge is 0.393 e. The molecule has 0 radical (unpaired) electrons. The van der Waals surface area contributed by atoms with Crippen LogP contribution in [-0.4, -0.2) is 38.9 Å². The summed E-state index contributed by atoms with van der Waals surface area (Å²) in [7, 11) is 0. The fourth-order valence-corrected chi connectivity index (χ4v) is 10.1. The topological polar surface area (TPSA) is 77.8 Å². The van der Waals surface area contributed by atoms with Gasteiger partial charge in [0.2, 0.25) is 0 Å². The van der Waals surface area contributed by atoms with Gasteiger partial charge < -0.3 is 15.3 Å². The second kappa shape index (κ2) is 8.15. The minimum atomic E-state index is -0.871. The lowest BCUT2D eigenvalue weighted by Gasteiger charge is -2.70. The molecule has 0 heterocycles. The van der Waals surface area contributed by atoms with Crippen LogP contribution in [0.25, 0.3) is 0 Å². The predicted molar refractivity (Wildman–Crippen MR) is 136 cm³/mol. The number of hydrogen-bond acceptors (Lipinski definition) is 4. The maximum atomic E-state index is 14.0. The molecule has 0 spiro atoms. The maximum Gasteiger partial charge on any atom is 0.137 e. The number of aliphatic hydroxyl groups is 3. The highest BCUT2D eigenvalue weighted by Gasteiger charge is 2.73. The van der Waals surface area contributed by atoms with Crippen LogP contribution in [0, 0.1) is 45.3 Å². The Labute approximate surface area is 207 Å². The zero-order valence-electron chi connectivity index (χ0n) is 22.9. The highest BCUT2D eigenvalue weighted by Crippen LogP contribution is 2.75. The van der Waals surface area contributed by atoms with E-state index in [1.54, 1.807) is 0 Å². The number of hydrogen-bond donors (Lipinski definition) is 3. The van der Waals surface area contributed by atoms with Gasteiger partial charge in [0.05, 0.1) is 17.8 Å². The summed E-state index contributed by atoms with van der Waals surface area (Å²) in [5, 5.41) is 34.1. The molecule has 4 nitrogen and oxygen atoms in total. The second-order valence-electron chi connectivity index (χ2n) is 14.5. The van der Waals surface area contributed by atoms with Gasteiger partial charge in [0, 0.05) is 12.3 Å². The standard InChI is InChI=1S/C30H50O4/c1-18(2)10-9-13-30(8,34)19-11-15-28(6)24(19)20(31)16-22-27(5)14-12-23(33)26(3,4)25(27)21(32)17-29(22,28)7/h10,19,21-25,32-34H,9,11-17H2,1-8H3/t19-,21-,22+,23-,24-,25-,27+,28+,29+,30-/m0/s1. The van der Waals surface area contributed by atoms with Crippen LogP contribution in [0.2, 0.25) is 0 Å². The zero-order chi connectivity index (χ0) is 25.5. The number of carbonyl (C=O) groups is 1. The van der Waals surface area contributed by atoms with Crippen molar-refractivity contribution in [3.8, 4) is 0 Å². The lowest BCUT2D eigenvalue weighted by molar-refractivity contribution is -0.253. The van der Waals surface area contributed by atoms with Crippen LogP contribution >= 0.6 is 0 Å². The van der Waals surface area contributed by atoms with Crippen molar-refractivity contribution in [2.75, 3.05) is 0 Å². The fourth-order valence-electron chi connectivity index (χ4n) is 10.1. The van der Waals surface area contributed by atoms with Crippen LogP contribution in [0.5, 0.6) is 0 Å². The minimum Gasteiger partial charge on any atom is -0.393 e. The predicted octanol–water partition coefficient (Wildman–Crippen LogP) is 5.68. The zero-order valence-corrected chi connectivity index (χ0v) is 22.9. The molecule has 4 heteroatoms. The van der Waals surface area contributed by atoms with E-state index in [1.165, 1.54) is 5.57 Å². The highest BCUT2D eigenvalue weighted by atomic mass is 16.3. The molecule has 34 heavy (non-hydrogen) atoms. The van der Waals surface area contributed by atoms with Crippen molar-refractivity contribution in [3.05, 3.63) is 11.6 Å². The van der Waals surface area contributed by atoms with Gasteiger partial charge in [-0.3, -0.25) is 4.79 Å². The Morgan fingerprint density at radius 2 is 1.71 bits per heavy atom. The van der Waals surface area contributed by atoms with E-state index in [2.05, 4.69) is 54.5 Å². The Balaban J connectivity index is 1.71. The van der Waals surface area contributed by atoms with Crippen LogP contribution in [0.15, 0.2) is 11.6 Å². The molecule has 0 aromatic heterocycles. The normalized spacial score (nSPS) is 49.4. The molecule has 10 atom stereocenters. The van der Waals surface area contributed by atoms with E-state index >= 15 is 0 Å². The van der Waals surface area contributed by atoms with Crippen LogP contribution in [0.1, 0.15) is 107 Å². The third-order valence-corrected chi connectivity index (χ3v) is 12.0. The Morgan fingerprint density at radius 3 is 2.32 bits per heavy atom. The molecule has 0 aromatic carbocycles. The quantitative estimate of drug-likeness (QED) is 0.458. The smallest absolute Gasteiger partial charge is 0.137 e. The number of ketones is 1. The van der Waals surface area contributed by atoms with E-state index in [1.807, 2.05) is 6.92 Å². The Hall–Kier alpha value is -0.710. The summed E-state index contributed by atoms with van der Waals surface area (Å²) in [4.78, 5) is 14.0. The number of allylic oxidation sites excluding steroid dienone is 2. The summed E-state index contributed by atoms with van der Waals surface area (Å²) in [5.74, 6) is 0.336. The van der Waals surface area contributed by atoms with Crippen molar-refractivity contribution in [1.29, 1.82) is 0 Å². The number of fused-ring (bicyclic) bond motifs is 5. The number of rotatable bonds is 4. The molecule has 0 amide bonds. The van der Waals surface area contributed by atoms with E-state index in [-0.39, 0.29) is 45.3 Å². The van der Waals surface area contributed by atoms with E-state index in [4.69, 9.17) is 0 Å². The first-order valence-corrected chi connectivity index (χ1v) is 13.8. The lowest BCUT2D eigenvalue weighted by Crippen LogP contribution is -2.69. The molecule has 0 saturated heterocycles. The van der Waals surface area contributed by atoms with Gasteiger partial charge in [0.1, 0.15) is 5.78 Å². The molecule has 4 aliphatic rings. The third-order valence-electron chi connectivity index (χ3n) is 12.0. The van der Waals surface area contributed by atoms with Crippen molar-refractivity contribution in [3.63, 3.8) is 0 Å². The average Bonchev–Trinajstić information content (AvgIpc) is 3.07. The first kappa shape index (κ1) is 26.4. The van der Waals surface area contributed by atoms with Gasteiger partial charge in [0.15, 0.2) is 0 Å². The first-order valence-electron chi connectivity index (χ1n) is 13.8. The van der Waals surface area contributed by atoms with Crippen molar-refractivity contribution >= 4 is 5.78 Å². The summed E-state index contributed by atoms with van der Waals surface area (Å²) in [5.41, 5.74) is -0.559. The van der Waals surface area contributed by atoms with E-state index < -0.39 is 17.8 Å². The van der Waals surface area contributed by atoms with Gasteiger partial charge in [-0.1, -0.05) is 46.3 Å². The van der Waals surface area contributed by atoms with Crippen LogP contribution in [0.3, 0.4) is 0 Å². The lowest BCUT2D eigenvalue weighted by atomic mass is 9.34.